The molecule has 0 aromatic carbocycles. The monoisotopic (exact) mass is 143 g/mol. The zero-order chi connectivity index (χ0) is 6.69. The molecule has 0 unspecified atom stereocenters. The quantitative estimate of drug-likeness (QED) is 0.499. The van der Waals surface area contributed by atoms with E-state index in [4.69, 9.17) is 0 Å². The summed E-state index contributed by atoms with van der Waals surface area (Å²) in [5.41, 5.74) is 0. The van der Waals surface area contributed by atoms with Crippen LogP contribution < -0.4 is 0 Å². The summed E-state index contributed by atoms with van der Waals surface area (Å²) in [5.74, 6) is 0. The van der Waals surface area contributed by atoms with Crippen molar-refractivity contribution < 1.29 is 0 Å². The average Bonchev–Trinajstić information content (AvgIpc) is 2.37. The van der Waals surface area contributed by atoms with Crippen molar-refractivity contribution in [2.75, 3.05) is 13.2 Å². The Morgan fingerprint density at radius 2 is 2.00 bits per heavy atom. The molecule has 0 bridgehead atoms. The minimum Gasteiger partial charge on any atom is -0.307 e. The summed E-state index contributed by atoms with van der Waals surface area (Å²) >= 11 is 0. The molecule has 0 aromatic rings. The van der Waals surface area contributed by atoms with Crippen LogP contribution in [0.15, 0.2) is 0 Å². The standard InChI is InChI=1S/C7H17NSi/c1-8(6-9)7-4-2-3-5-7/h7H,2-6H2,1,9H3. The summed E-state index contributed by atoms with van der Waals surface area (Å²) in [6, 6.07) is 0.947. The highest BCUT2D eigenvalue weighted by Crippen LogP contribution is 2.21. The van der Waals surface area contributed by atoms with Gasteiger partial charge in [0.2, 0.25) is 0 Å². The second-order valence-electron chi connectivity index (χ2n) is 3.01. The lowest BCUT2D eigenvalue weighted by molar-refractivity contribution is 0.284. The number of rotatable bonds is 2. The molecule has 1 saturated carbocycles. The van der Waals surface area contributed by atoms with Crippen LogP contribution in [-0.2, 0) is 0 Å². The van der Waals surface area contributed by atoms with Crippen molar-refractivity contribution in [1.82, 2.24) is 4.90 Å². The van der Waals surface area contributed by atoms with Gasteiger partial charge in [-0.2, -0.15) is 0 Å². The van der Waals surface area contributed by atoms with E-state index in [2.05, 4.69) is 11.9 Å². The molecule has 9 heavy (non-hydrogen) atoms. The maximum Gasteiger partial charge on any atom is 0.0205 e. The molecule has 1 aliphatic rings. The molecule has 0 spiro atoms. The molecule has 1 aliphatic carbocycles. The third kappa shape index (κ3) is 1.80. The largest absolute Gasteiger partial charge is 0.307 e. The molecule has 54 valence electrons. The van der Waals surface area contributed by atoms with E-state index in [-0.39, 0.29) is 0 Å². The SMILES string of the molecule is CN(C[SiH3])C1CCCC1. The molecule has 0 saturated heterocycles. The van der Waals surface area contributed by atoms with Gasteiger partial charge in [-0.3, -0.25) is 0 Å². The Bertz CT molecular complexity index is 79.0. The molecular weight excluding hydrogens is 126 g/mol. The van der Waals surface area contributed by atoms with E-state index in [1.807, 2.05) is 0 Å². The Hall–Kier alpha value is 0.177. The summed E-state index contributed by atoms with van der Waals surface area (Å²) in [6.45, 7) is 0. The summed E-state index contributed by atoms with van der Waals surface area (Å²) in [6.07, 6.45) is 7.20. The minimum atomic E-state index is 0.947. The Kier molecular flexibility index (Phi) is 2.73. The average molecular weight is 143 g/mol. The van der Waals surface area contributed by atoms with Crippen molar-refractivity contribution in [3.05, 3.63) is 0 Å². The fraction of sp³-hybridized carbons (Fsp3) is 1.00. The lowest BCUT2D eigenvalue weighted by Gasteiger charge is -2.21. The smallest absolute Gasteiger partial charge is 0.0205 e. The molecule has 1 nitrogen and oxygen atoms in total. The Morgan fingerprint density at radius 1 is 1.44 bits per heavy atom. The van der Waals surface area contributed by atoms with Gasteiger partial charge >= 0.3 is 0 Å². The summed E-state index contributed by atoms with van der Waals surface area (Å²) in [5, 5.41) is 0. The van der Waals surface area contributed by atoms with Gasteiger partial charge in [-0.25, -0.2) is 0 Å². The van der Waals surface area contributed by atoms with E-state index in [1.165, 1.54) is 42.1 Å². The number of nitrogens with zero attached hydrogens (tertiary/aromatic N) is 1. The van der Waals surface area contributed by atoms with Crippen LogP contribution in [0.4, 0.5) is 0 Å². The molecular formula is C7H17NSi. The molecule has 0 aliphatic heterocycles. The summed E-state index contributed by atoms with van der Waals surface area (Å²) in [7, 11) is 3.60. The van der Waals surface area contributed by atoms with E-state index in [0.717, 1.165) is 6.04 Å². The van der Waals surface area contributed by atoms with Gasteiger partial charge in [0.25, 0.3) is 0 Å². The minimum absolute atomic E-state index is 0.947. The Morgan fingerprint density at radius 3 is 2.44 bits per heavy atom. The van der Waals surface area contributed by atoms with E-state index in [9.17, 15) is 0 Å². The highest BCUT2D eigenvalue weighted by atomic mass is 28.1. The summed E-state index contributed by atoms with van der Waals surface area (Å²) < 4.78 is 0. The maximum atomic E-state index is 2.53. The maximum absolute atomic E-state index is 2.53. The Balaban J connectivity index is 2.24. The third-order valence-corrected chi connectivity index (χ3v) is 3.44. The predicted molar refractivity (Wildman–Crippen MR) is 44.8 cm³/mol. The van der Waals surface area contributed by atoms with E-state index in [0.29, 0.717) is 0 Å². The van der Waals surface area contributed by atoms with Gasteiger partial charge in [0.1, 0.15) is 0 Å². The van der Waals surface area contributed by atoms with Crippen molar-refractivity contribution in [2.45, 2.75) is 31.7 Å². The lowest BCUT2D eigenvalue weighted by Crippen LogP contribution is -2.29. The van der Waals surface area contributed by atoms with E-state index < -0.39 is 0 Å². The first-order valence-electron chi connectivity index (χ1n) is 4.05. The molecule has 0 atom stereocenters. The first-order valence-corrected chi connectivity index (χ1v) is 5.46. The first kappa shape index (κ1) is 7.29. The van der Waals surface area contributed by atoms with Gasteiger partial charge in [-0.05, 0) is 26.1 Å². The molecule has 1 rings (SSSR count). The molecule has 0 amide bonds. The van der Waals surface area contributed by atoms with Crippen LogP contribution in [0, 0.1) is 0 Å². The van der Waals surface area contributed by atoms with Crippen molar-refractivity contribution in [1.29, 1.82) is 0 Å². The zero-order valence-corrected chi connectivity index (χ0v) is 8.56. The second kappa shape index (κ2) is 3.37. The molecule has 0 heterocycles. The first-order chi connectivity index (χ1) is 4.34. The van der Waals surface area contributed by atoms with Gasteiger partial charge in [0.15, 0.2) is 0 Å². The van der Waals surface area contributed by atoms with Gasteiger partial charge in [-0.15, -0.1) is 0 Å². The Labute approximate surface area is 60.9 Å². The number of hydrogen-bond donors (Lipinski definition) is 0. The molecule has 0 aromatic heterocycles. The molecule has 2 heteroatoms. The van der Waals surface area contributed by atoms with Crippen LogP contribution in [0.1, 0.15) is 25.7 Å². The van der Waals surface area contributed by atoms with Gasteiger partial charge < -0.3 is 4.90 Å². The zero-order valence-electron chi connectivity index (χ0n) is 6.56. The lowest BCUT2D eigenvalue weighted by atomic mass is 10.2. The molecule has 0 radical (unpaired) electrons. The van der Waals surface area contributed by atoms with Crippen LogP contribution >= 0.6 is 0 Å². The molecule has 0 N–H and O–H groups in total. The van der Waals surface area contributed by atoms with Crippen LogP contribution in [0.3, 0.4) is 0 Å². The fourth-order valence-corrected chi connectivity index (χ4v) is 2.12. The molecule has 1 fully saturated rings. The highest BCUT2D eigenvalue weighted by molar-refractivity contribution is 6.08. The predicted octanol–water partition coefficient (Wildman–Crippen LogP) is 0.184. The van der Waals surface area contributed by atoms with Crippen molar-refractivity contribution in [3.63, 3.8) is 0 Å². The number of hydrogen-bond acceptors (Lipinski definition) is 1. The van der Waals surface area contributed by atoms with Crippen molar-refractivity contribution >= 4 is 10.2 Å². The van der Waals surface area contributed by atoms with Crippen molar-refractivity contribution in [2.24, 2.45) is 0 Å². The normalized spacial score (nSPS) is 22.0. The van der Waals surface area contributed by atoms with Gasteiger partial charge in [0, 0.05) is 16.3 Å². The van der Waals surface area contributed by atoms with Crippen LogP contribution in [0.25, 0.3) is 0 Å². The van der Waals surface area contributed by atoms with Crippen LogP contribution in [-0.4, -0.2) is 34.4 Å². The summed E-state index contributed by atoms with van der Waals surface area (Å²) in [4.78, 5) is 2.53. The van der Waals surface area contributed by atoms with E-state index >= 15 is 0 Å². The van der Waals surface area contributed by atoms with Crippen LogP contribution in [0.5, 0.6) is 0 Å². The van der Waals surface area contributed by atoms with Gasteiger partial charge in [0.05, 0.1) is 0 Å². The van der Waals surface area contributed by atoms with Crippen LogP contribution in [0.2, 0.25) is 0 Å². The highest BCUT2D eigenvalue weighted by Gasteiger charge is 2.17. The third-order valence-electron chi connectivity index (χ3n) is 2.45. The van der Waals surface area contributed by atoms with Crippen molar-refractivity contribution in [3.8, 4) is 0 Å². The second-order valence-corrected chi connectivity index (χ2v) is 3.64. The fourth-order valence-electron chi connectivity index (χ4n) is 1.60. The topological polar surface area (TPSA) is 3.24 Å². The van der Waals surface area contributed by atoms with E-state index in [1.54, 1.807) is 0 Å². The van der Waals surface area contributed by atoms with Gasteiger partial charge in [-0.1, -0.05) is 12.8 Å².